The van der Waals surface area contributed by atoms with Gasteiger partial charge in [0.1, 0.15) is 5.75 Å². The van der Waals surface area contributed by atoms with Gasteiger partial charge in [-0.3, -0.25) is 20.4 Å². The first-order valence-electron chi connectivity index (χ1n) is 6.70. The molecule has 0 unspecified atom stereocenters. The first-order valence-corrected chi connectivity index (χ1v) is 7.07. The minimum atomic E-state index is -0.655. The zero-order valence-corrected chi connectivity index (χ0v) is 13.3. The lowest BCUT2D eigenvalue weighted by Gasteiger charge is -2.09. The van der Waals surface area contributed by atoms with E-state index in [0.717, 1.165) is 0 Å². The number of carbonyl (C=O) groups excluding carboxylic acids is 3. The maximum absolute atomic E-state index is 12.0. The van der Waals surface area contributed by atoms with Crippen LogP contribution in [-0.4, -0.2) is 30.0 Å². The van der Waals surface area contributed by atoms with Gasteiger partial charge >= 0.3 is 5.97 Å². The standard InChI is InChI=1S/C16H13ClN2O5/c1-24-16(23)10-4-2-3-9(7-10)14(21)18-19-15(22)12-6-5-11(20)8-13(12)17/h2-8,20H,1H3,(H,18,21)(H,19,22). The fourth-order valence-electron chi connectivity index (χ4n) is 1.85. The summed E-state index contributed by atoms with van der Waals surface area (Å²) in [6.45, 7) is 0. The van der Waals surface area contributed by atoms with Crippen LogP contribution in [0.4, 0.5) is 0 Å². The summed E-state index contributed by atoms with van der Waals surface area (Å²) in [5.41, 5.74) is 4.86. The summed E-state index contributed by atoms with van der Waals surface area (Å²) >= 11 is 5.84. The zero-order valence-electron chi connectivity index (χ0n) is 12.5. The van der Waals surface area contributed by atoms with Crippen molar-refractivity contribution in [1.82, 2.24) is 10.9 Å². The maximum Gasteiger partial charge on any atom is 0.337 e. The Hall–Kier alpha value is -3.06. The first kappa shape index (κ1) is 17.3. The lowest BCUT2D eigenvalue weighted by molar-refractivity contribution is 0.0600. The highest BCUT2D eigenvalue weighted by molar-refractivity contribution is 6.34. The van der Waals surface area contributed by atoms with Crippen molar-refractivity contribution in [1.29, 1.82) is 0 Å². The first-order chi connectivity index (χ1) is 11.4. The summed E-state index contributed by atoms with van der Waals surface area (Å²) in [5.74, 6) is -1.94. The van der Waals surface area contributed by atoms with Crippen molar-refractivity contribution in [3.05, 3.63) is 64.2 Å². The number of halogens is 1. The quantitative estimate of drug-likeness (QED) is 0.580. The Balaban J connectivity index is 2.05. The highest BCUT2D eigenvalue weighted by Crippen LogP contribution is 2.21. The Kier molecular flexibility index (Phi) is 5.39. The van der Waals surface area contributed by atoms with Crippen molar-refractivity contribution in [2.24, 2.45) is 0 Å². The number of carbonyl (C=O) groups is 3. The normalized spacial score (nSPS) is 9.92. The lowest BCUT2D eigenvalue weighted by Crippen LogP contribution is -2.41. The molecule has 0 saturated heterocycles. The number of amides is 2. The van der Waals surface area contributed by atoms with Crippen LogP contribution in [0.25, 0.3) is 0 Å². The molecule has 0 bridgehead atoms. The van der Waals surface area contributed by atoms with Gasteiger partial charge in [-0.25, -0.2) is 4.79 Å². The molecule has 2 aromatic carbocycles. The Morgan fingerprint density at radius 2 is 1.67 bits per heavy atom. The van der Waals surface area contributed by atoms with Crippen LogP contribution in [0.1, 0.15) is 31.1 Å². The van der Waals surface area contributed by atoms with Gasteiger partial charge in [0.25, 0.3) is 11.8 Å². The number of esters is 1. The van der Waals surface area contributed by atoms with Crippen LogP contribution < -0.4 is 10.9 Å². The van der Waals surface area contributed by atoms with E-state index in [1.165, 1.54) is 49.6 Å². The average molecular weight is 349 g/mol. The molecule has 7 nitrogen and oxygen atoms in total. The number of aromatic hydroxyl groups is 1. The van der Waals surface area contributed by atoms with E-state index < -0.39 is 17.8 Å². The summed E-state index contributed by atoms with van der Waals surface area (Å²) in [5, 5.41) is 9.29. The smallest absolute Gasteiger partial charge is 0.337 e. The Morgan fingerprint density at radius 1 is 1.00 bits per heavy atom. The third-order valence-corrected chi connectivity index (χ3v) is 3.35. The van der Waals surface area contributed by atoms with Crippen LogP contribution in [-0.2, 0) is 4.74 Å². The van der Waals surface area contributed by atoms with Crippen LogP contribution in [0.5, 0.6) is 5.75 Å². The fraction of sp³-hybridized carbons (Fsp3) is 0.0625. The predicted octanol–water partition coefficient (Wildman–Crippen LogP) is 1.91. The molecular weight excluding hydrogens is 336 g/mol. The summed E-state index contributed by atoms with van der Waals surface area (Å²) < 4.78 is 4.57. The maximum atomic E-state index is 12.0. The summed E-state index contributed by atoms with van der Waals surface area (Å²) in [6, 6.07) is 9.64. The molecule has 0 radical (unpaired) electrons. The third-order valence-electron chi connectivity index (χ3n) is 3.03. The van der Waals surface area contributed by atoms with Gasteiger partial charge < -0.3 is 9.84 Å². The Morgan fingerprint density at radius 3 is 2.33 bits per heavy atom. The lowest BCUT2D eigenvalue weighted by atomic mass is 10.1. The zero-order chi connectivity index (χ0) is 17.7. The van der Waals surface area contributed by atoms with Gasteiger partial charge in [-0.2, -0.15) is 0 Å². The van der Waals surface area contributed by atoms with Crippen LogP contribution in [0, 0.1) is 0 Å². The molecule has 24 heavy (non-hydrogen) atoms. The monoisotopic (exact) mass is 348 g/mol. The van der Waals surface area contributed by atoms with Crippen molar-refractivity contribution in [3.8, 4) is 5.75 Å². The van der Waals surface area contributed by atoms with Crippen LogP contribution in [0.15, 0.2) is 42.5 Å². The van der Waals surface area contributed by atoms with E-state index in [0.29, 0.717) is 0 Å². The van der Waals surface area contributed by atoms with Gasteiger partial charge in [-0.1, -0.05) is 17.7 Å². The molecule has 124 valence electrons. The number of phenols is 1. The fourth-order valence-corrected chi connectivity index (χ4v) is 2.11. The molecular formula is C16H13ClN2O5. The van der Waals surface area contributed by atoms with Crippen molar-refractivity contribution < 1.29 is 24.2 Å². The number of rotatable bonds is 3. The number of ether oxygens (including phenoxy) is 1. The second kappa shape index (κ2) is 7.47. The average Bonchev–Trinajstić information content (AvgIpc) is 2.58. The number of hydrogen-bond donors (Lipinski definition) is 3. The number of methoxy groups -OCH3 is 1. The van der Waals surface area contributed by atoms with Crippen molar-refractivity contribution in [3.63, 3.8) is 0 Å². The van der Waals surface area contributed by atoms with Crippen molar-refractivity contribution >= 4 is 29.4 Å². The molecule has 8 heteroatoms. The minimum Gasteiger partial charge on any atom is -0.508 e. The van der Waals surface area contributed by atoms with Gasteiger partial charge in [0, 0.05) is 5.56 Å². The van der Waals surface area contributed by atoms with Gasteiger partial charge in [0.2, 0.25) is 0 Å². The molecule has 0 aliphatic heterocycles. The molecule has 0 fully saturated rings. The van der Waals surface area contributed by atoms with E-state index in [2.05, 4.69) is 15.6 Å². The number of benzene rings is 2. The third kappa shape index (κ3) is 4.02. The van der Waals surface area contributed by atoms with E-state index in [9.17, 15) is 19.5 Å². The topological polar surface area (TPSA) is 105 Å². The number of hydrogen-bond acceptors (Lipinski definition) is 5. The summed E-state index contributed by atoms with van der Waals surface area (Å²) in [4.78, 5) is 35.4. The van der Waals surface area contributed by atoms with E-state index in [-0.39, 0.29) is 27.5 Å². The van der Waals surface area contributed by atoms with E-state index in [1.807, 2.05) is 0 Å². The van der Waals surface area contributed by atoms with Crippen LogP contribution >= 0.6 is 11.6 Å². The molecule has 0 aliphatic carbocycles. The van der Waals surface area contributed by atoms with Gasteiger partial charge in [-0.15, -0.1) is 0 Å². The molecule has 2 amide bonds. The Labute approximate surface area is 142 Å². The molecule has 2 rings (SSSR count). The highest BCUT2D eigenvalue weighted by Gasteiger charge is 2.14. The molecule has 3 N–H and O–H groups in total. The van der Waals surface area contributed by atoms with Crippen LogP contribution in [0.3, 0.4) is 0 Å². The number of hydrazine groups is 1. The molecule has 0 heterocycles. The van der Waals surface area contributed by atoms with E-state index in [4.69, 9.17) is 11.6 Å². The molecule has 0 spiro atoms. The number of phenolic OH excluding ortho intramolecular Hbond substituents is 1. The van der Waals surface area contributed by atoms with Gasteiger partial charge in [-0.05, 0) is 36.4 Å². The SMILES string of the molecule is COC(=O)c1cccc(C(=O)NNC(=O)c2ccc(O)cc2Cl)c1. The minimum absolute atomic E-state index is 0.0365. The largest absolute Gasteiger partial charge is 0.508 e. The highest BCUT2D eigenvalue weighted by atomic mass is 35.5. The second-order valence-corrected chi connectivity index (χ2v) is 5.05. The van der Waals surface area contributed by atoms with Crippen molar-refractivity contribution in [2.45, 2.75) is 0 Å². The molecule has 0 aliphatic rings. The predicted molar refractivity (Wildman–Crippen MR) is 85.8 cm³/mol. The molecule has 0 aromatic heterocycles. The second-order valence-electron chi connectivity index (χ2n) is 4.64. The summed E-state index contributed by atoms with van der Waals surface area (Å²) in [7, 11) is 1.23. The molecule has 0 saturated carbocycles. The molecule has 0 atom stereocenters. The van der Waals surface area contributed by atoms with E-state index >= 15 is 0 Å². The Bertz CT molecular complexity index is 807. The van der Waals surface area contributed by atoms with Gasteiger partial charge in [0.05, 0.1) is 23.3 Å². The summed E-state index contributed by atoms with van der Waals surface area (Å²) in [6.07, 6.45) is 0. The number of nitrogens with one attached hydrogen (secondary N) is 2. The molecule has 2 aromatic rings. The van der Waals surface area contributed by atoms with E-state index in [1.54, 1.807) is 0 Å². The van der Waals surface area contributed by atoms with Gasteiger partial charge in [0.15, 0.2) is 0 Å². The van der Waals surface area contributed by atoms with Crippen LogP contribution in [0.2, 0.25) is 5.02 Å². The van der Waals surface area contributed by atoms with Crippen molar-refractivity contribution in [2.75, 3.05) is 7.11 Å².